The summed E-state index contributed by atoms with van der Waals surface area (Å²) in [7, 11) is 0. The fourth-order valence-electron chi connectivity index (χ4n) is 5.72. The molecule has 0 atom stereocenters. The van der Waals surface area contributed by atoms with Gasteiger partial charge in [0.1, 0.15) is 0 Å². The van der Waals surface area contributed by atoms with Crippen molar-refractivity contribution in [1.82, 2.24) is 45.5 Å². The molecule has 0 fully saturated rings. The van der Waals surface area contributed by atoms with Crippen LogP contribution in [0.15, 0.2) is 12.4 Å². The Morgan fingerprint density at radius 3 is 1.51 bits per heavy atom. The zero-order valence-electron chi connectivity index (χ0n) is 39.1. The van der Waals surface area contributed by atoms with E-state index in [-0.39, 0.29) is 17.9 Å². The number of nitrogens with zero attached hydrogens (tertiary/aromatic N) is 7. The first-order valence-corrected chi connectivity index (χ1v) is 22.9. The van der Waals surface area contributed by atoms with Crippen molar-refractivity contribution >= 4 is 11.8 Å². The second-order valence-corrected chi connectivity index (χ2v) is 15.7. The molecule has 20 heteroatoms. The third-order valence-electron chi connectivity index (χ3n) is 9.12. The Morgan fingerprint density at radius 2 is 1.03 bits per heavy atom. The third-order valence-corrected chi connectivity index (χ3v) is 9.12. The number of amides is 2. The van der Waals surface area contributed by atoms with Crippen molar-refractivity contribution in [2.75, 3.05) is 145 Å². The van der Waals surface area contributed by atoms with Crippen molar-refractivity contribution < 1.29 is 52.2 Å². The molecule has 20 nitrogen and oxygen atoms in total. The average Bonchev–Trinajstić information content (AvgIpc) is 3.90. The maximum atomic E-state index is 12.1. The van der Waals surface area contributed by atoms with Gasteiger partial charge in [-0.1, -0.05) is 37.1 Å². The van der Waals surface area contributed by atoms with Crippen LogP contribution in [0, 0.1) is 12.8 Å². The van der Waals surface area contributed by atoms with Gasteiger partial charge in [-0.25, -0.2) is 9.36 Å². The van der Waals surface area contributed by atoms with E-state index in [1.807, 2.05) is 33.2 Å². The Kier molecular flexibility index (Phi) is 34.8. The molecule has 0 unspecified atom stereocenters. The summed E-state index contributed by atoms with van der Waals surface area (Å²) in [5.41, 5.74) is 1.68. The van der Waals surface area contributed by atoms with E-state index in [9.17, 15) is 9.59 Å². The summed E-state index contributed by atoms with van der Waals surface area (Å²) < 4.78 is 54.7. The normalized spacial score (nSPS) is 11.7. The number of aromatic nitrogens is 6. The highest BCUT2D eigenvalue weighted by molar-refractivity contribution is 5.76. The number of carbonyl (C=O) groups excluding carboxylic acids is 2. The van der Waals surface area contributed by atoms with Gasteiger partial charge in [-0.15, -0.1) is 10.2 Å². The smallest absolute Gasteiger partial charge is 0.222 e. The van der Waals surface area contributed by atoms with Crippen molar-refractivity contribution in [3.8, 4) is 0 Å². The molecule has 0 aliphatic heterocycles. The topological polar surface area (TPSA) is 206 Å². The largest absolute Gasteiger partial charge is 0.379 e. The van der Waals surface area contributed by atoms with Crippen LogP contribution in [0.25, 0.3) is 0 Å². The lowest BCUT2D eigenvalue weighted by Gasteiger charge is -2.22. The van der Waals surface area contributed by atoms with Gasteiger partial charge < -0.3 is 53.3 Å². The molecule has 2 amide bonds. The van der Waals surface area contributed by atoms with Crippen molar-refractivity contribution in [2.24, 2.45) is 5.92 Å². The average molecular weight is 900 g/mol. The van der Waals surface area contributed by atoms with Crippen molar-refractivity contribution in [3.05, 3.63) is 23.8 Å². The van der Waals surface area contributed by atoms with Gasteiger partial charge in [0.15, 0.2) is 0 Å². The monoisotopic (exact) mass is 900 g/mol. The van der Waals surface area contributed by atoms with E-state index in [1.54, 1.807) is 9.36 Å². The second-order valence-electron chi connectivity index (χ2n) is 15.7. The van der Waals surface area contributed by atoms with Crippen LogP contribution in [0.3, 0.4) is 0 Å². The summed E-state index contributed by atoms with van der Waals surface area (Å²) in [5.74, 6) is 0.735. The van der Waals surface area contributed by atoms with Gasteiger partial charge in [0.05, 0.1) is 143 Å². The van der Waals surface area contributed by atoms with E-state index in [0.717, 1.165) is 50.4 Å². The lowest BCUT2D eigenvalue weighted by molar-refractivity contribution is -0.123. The second kappa shape index (κ2) is 39.2. The van der Waals surface area contributed by atoms with E-state index in [0.29, 0.717) is 157 Å². The number of carbonyl (C=O) groups is 2. The first-order valence-electron chi connectivity index (χ1n) is 22.9. The van der Waals surface area contributed by atoms with Crippen molar-refractivity contribution in [3.63, 3.8) is 0 Å². The quantitative estimate of drug-likeness (QED) is 0.0914. The summed E-state index contributed by atoms with van der Waals surface area (Å²) in [5, 5.41) is 22.1. The minimum absolute atomic E-state index is 0.0129. The van der Waals surface area contributed by atoms with E-state index in [2.05, 4.69) is 50.0 Å². The molecule has 2 rings (SSSR count). The van der Waals surface area contributed by atoms with Crippen molar-refractivity contribution in [1.29, 1.82) is 0 Å². The molecule has 364 valence electrons. The van der Waals surface area contributed by atoms with Crippen LogP contribution in [0.4, 0.5) is 0 Å². The van der Waals surface area contributed by atoms with Crippen LogP contribution < -0.4 is 10.6 Å². The summed E-state index contributed by atoms with van der Waals surface area (Å²) in [6.45, 7) is 23.1. The highest BCUT2D eigenvalue weighted by atomic mass is 16.6. The predicted molar refractivity (Wildman–Crippen MR) is 237 cm³/mol. The Bertz CT molecular complexity index is 1370. The highest BCUT2D eigenvalue weighted by Crippen LogP contribution is 2.05. The lowest BCUT2D eigenvalue weighted by Crippen LogP contribution is -2.34. The van der Waals surface area contributed by atoms with E-state index < -0.39 is 0 Å². The van der Waals surface area contributed by atoms with Crippen LogP contribution in [-0.4, -0.2) is 198 Å². The van der Waals surface area contributed by atoms with Crippen LogP contribution in [-0.2, 0) is 71.7 Å². The first-order chi connectivity index (χ1) is 30.7. The molecule has 0 bridgehead atoms. The molecule has 0 radical (unpaired) electrons. The molecule has 0 saturated carbocycles. The van der Waals surface area contributed by atoms with Gasteiger partial charge in [-0.2, -0.15) is 0 Å². The molecule has 2 heterocycles. The Balaban J connectivity index is 1.50. The minimum atomic E-state index is -0.0129. The molecule has 63 heavy (non-hydrogen) atoms. The number of unbranched alkanes of at least 4 members (excludes halogenated alkanes) is 1. The van der Waals surface area contributed by atoms with E-state index >= 15 is 0 Å². The zero-order chi connectivity index (χ0) is 45.4. The lowest BCUT2D eigenvalue weighted by atomic mass is 10.1. The predicted octanol–water partition coefficient (Wildman–Crippen LogP) is 2.12. The summed E-state index contributed by atoms with van der Waals surface area (Å²) in [6.07, 6.45) is 8.39. The Labute approximate surface area is 376 Å². The standard InChI is InChI=1S/C43H81N9O11/c1-38(2)8-6-7-12-44-42(53)10-9-41-37-52(49-47-41)17-23-60-29-35-63-33-27-58-21-15-50(13-19-56-25-31-61-30-24-55-18-11-43(54)45-39(3)4)14-20-57-26-32-62-34-28-59-22-16-51-36-40(5)46-48-51/h36-39H,6-35H2,1-5H3,(H,44,53)(H,45,54). The van der Waals surface area contributed by atoms with Crippen LogP contribution in [0.1, 0.15) is 71.2 Å². The van der Waals surface area contributed by atoms with Crippen LogP contribution in [0.5, 0.6) is 0 Å². The fraction of sp³-hybridized carbons (Fsp3) is 0.860. The third kappa shape index (κ3) is 34.8. The summed E-state index contributed by atoms with van der Waals surface area (Å²) in [4.78, 5) is 26.0. The molecule has 0 aliphatic rings. The molecule has 2 N–H and O–H groups in total. The van der Waals surface area contributed by atoms with Gasteiger partial charge in [-0.05, 0) is 33.1 Å². The van der Waals surface area contributed by atoms with Gasteiger partial charge >= 0.3 is 0 Å². The molecular formula is C43H81N9O11. The number of aryl methyl sites for hydroxylation is 2. The number of hydrogen-bond acceptors (Lipinski definition) is 16. The molecule has 0 saturated heterocycles. The summed E-state index contributed by atoms with van der Waals surface area (Å²) >= 11 is 0. The minimum Gasteiger partial charge on any atom is -0.379 e. The first kappa shape index (κ1) is 56.0. The SMILES string of the molecule is Cc1cn(CCOCCOCCOCCN(CCOCCOCCOCCC(=O)NC(C)C)CCOCCOCCOCCn2cc(CCC(=O)NCCCCC(C)C)nn2)nn1. The fourth-order valence-corrected chi connectivity index (χ4v) is 5.72. The van der Waals surface area contributed by atoms with Crippen LogP contribution >= 0.6 is 0 Å². The number of ether oxygens (including phenoxy) is 9. The van der Waals surface area contributed by atoms with Gasteiger partial charge in [0, 0.05) is 63.9 Å². The van der Waals surface area contributed by atoms with Gasteiger partial charge in [-0.3, -0.25) is 14.5 Å². The van der Waals surface area contributed by atoms with E-state index in [4.69, 9.17) is 42.6 Å². The number of hydrogen-bond donors (Lipinski definition) is 2. The Morgan fingerprint density at radius 1 is 0.571 bits per heavy atom. The van der Waals surface area contributed by atoms with Crippen LogP contribution in [0.2, 0.25) is 0 Å². The highest BCUT2D eigenvalue weighted by Gasteiger charge is 2.08. The molecule has 0 spiro atoms. The summed E-state index contributed by atoms with van der Waals surface area (Å²) in [6, 6.07) is 0.125. The maximum absolute atomic E-state index is 12.1. The van der Waals surface area contributed by atoms with Gasteiger partial charge in [0.25, 0.3) is 0 Å². The number of nitrogens with one attached hydrogen (secondary N) is 2. The van der Waals surface area contributed by atoms with Crippen molar-refractivity contribution in [2.45, 2.75) is 92.3 Å². The molecule has 0 aliphatic carbocycles. The molecule has 2 aromatic heterocycles. The number of rotatable bonds is 45. The molecule has 2 aromatic rings. The Hall–Kier alpha value is -3.18. The zero-order valence-corrected chi connectivity index (χ0v) is 39.1. The van der Waals surface area contributed by atoms with Gasteiger partial charge in [0.2, 0.25) is 11.8 Å². The molecular weight excluding hydrogens is 819 g/mol. The molecule has 0 aromatic carbocycles. The maximum Gasteiger partial charge on any atom is 0.222 e. The van der Waals surface area contributed by atoms with E-state index in [1.165, 1.54) is 6.42 Å².